The van der Waals surface area contributed by atoms with Gasteiger partial charge in [0.1, 0.15) is 6.54 Å². The van der Waals surface area contributed by atoms with Crippen LogP contribution in [-0.4, -0.2) is 72.6 Å². The molecule has 0 aliphatic carbocycles. The number of rotatable bonds is 9. The third kappa shape index (κ3) is 9.71. The van der Waals surface area contributed by atoms with Gasteiger partial charge in [-0.3, -0.25) is 4.79 Å². The molecule has 0 amide bonds. The van der Waals surface area contributed by atoms with Crippen molar-refractivity contribution < 1.29 is 34.1 Å². The van der Waals surface area contributed by atoms with E-state index in [4.69, 9.17) is 9.84 Å². The first-order valence-electron chi connectivity index (χ1n) is 6.48. The summed E-state index contributed by atoms with van der Waals surface area (Å²) in [6.45, 7) is 1.49. The molecule has 2 unspecified atom stereocenters. The van der Waals surface area contributed by atoms with Crippen molar-refractivity contribution in [1.29, 1.82) is 0 Å². The zero-order valence-corrected chi connectivity index (χ0v) is 12.6. The van der Waals surface area contributed by atoms with Gasteiger partial charge >= 0.3 is 5.97 Å². The van der Waals surface area contributed by atoms with E-state index in [0.29, 0.717) is 11.0 Å². The van der Waals surface area contributed by atoms with Crippen LogP contribution >= 0.6 is 0 Å². The maximum absolute atomic E-state index is 11.7. The van der Waals surface area contributed by atoms with E-state index in [2.05, 4.69) is 0 Å². The number of quaternary nitrogens is 1. The molecule has 20 heavy (non-hydrogen) atoms. The van der Waals surface area contributed by atoms with E-state index in [0.717, 1.165) is 0 Å². The number of aliphatic carboxylic acids is 1. The molecule has 7 heteroatoms. The van der Waals surface area contributed by atoms with Crippen LogP contribution in [0.4, 0.5) is 0 Å². The molecule has 0 bridgehead atoms. The quantitative estimate of drug-likeness (QED) is 0.386. The van der Waals surface area contributed by atoms with Crippen molar-refractivity contribution >= 4 is 11.9 Å². The summed E-state index contributed by atoms with van der Waals surface area (Å²) in [4.78, 5) is 22.4. The molecule has 0 aromatic carbocycles. The van der Waals surface area contributed by atoms with Crippen LogP contribution in [0.25, 0.3) is 0 Å². The molecule has 0 saturated heterocycles. The molecule has 2 N–H and O–H groups in total. The van der Waals surface area contributed by atoms with Crippen LogP contribution in [0.15, 0.2) is 0 Å². The summed E-state index contributed by atoms with van der Waals surface area (Å²) in [6, 6.07) is 0. The van der Waals surface area contributed by atoms with Crippen LogP contribution in [0, 0.1) is 0 Å². The van der Waals surface area contributed by atoms with Gasteiger partial charge in [0.2, 0.25) is 0 Å². The number of esters is 1. The Labute approximate surface area is 119 Å². The zero-order chi connectivity index (χ0) is 16.0. The smallest absolute Gasteiger partial charge is 0.309 e. The Balaban J connectivity index is 4.57. The highest BCUT2D eigenvalue weighted by Gasteiger charge is 2.28. The average molecular weight is 291 g/mol. The van der Waals surface area contributed by atoms with E-state index in [1.54, 1.807) is 0 Å². The standard InChI is InChI=1S/C13H25NO6/c1-13(19,5-6-15)8-12(18)20-10(7-11(16)17)9-14(2,3)4/h10,15,19H,5-9H2,1-4H3. The van der Waals surface area contributed by atoms with Gasteiger partial charge in [-0.25, -0.2) is 0 Å². The lowest BCUT2D eigenvalue weighted by atomic mass is 9.99. The molecule has 2 atom stereocenters. The molecule has 0 aliphatic heterocycles. The number of ether oxygens (including phenoxy) is 1. The van der Waals surface area contributed by atoms with Crippen LogP contribution in [0.3, 0.4) is 0 Å². The summed E-state index contributed by atoms with van der Waals surface area (Å²) >= 11 is 0. The van der Waals surface area contributed by atoms with Crippen molar-refractivity contribution in [3.8, 4) is 0 Å². The SMILES string of the molecule is CC(O)(CCO)CC(=O)OC(CC(=O)[O-])C[N+](C)(C)C. The van der Waals surface area contributed by atoms with E-state index in [1.165, 1.54) is 6.92 Å². The summed E-state index contributed by atoms with van der Waals surface area (Å²) in [7, 11) is 5.54. The van der Waals surface area contributed by atoms with Gasteiger partial charge in [0, 0.05) is 19.0 Å². The first kappa shape index (κ1) is 18.8. The van der Waals surface area contributed by atoms with Crippen LogP contribution in [0.2, 0.25) is 0 Å². The minimum Gasteiger partial charge on any atom is -0.550 e. The maximum atomic E-state index is 11.7. The molecule has 0 aromatic heterocycles. The molecule has 7 nitrogen and oxygen atoms in total. The molecule has 0 radical (unpaired) electrons. The number of carbonyl (C=O) groups is 2. The lowest BCUT2D eigenvalue weighted by molar-refractivity contribution is -0.873. The highest BCUT2D eigenvalue weighted by molar-refractivity contribution is 5.72. The van der Waals surface area contributed by atoms with Gasteiger partial charge in [0.05, 0.1) is 33.2 Å². The molecule has 0 aliphatic rings. The molecular weight excluding hydrogens is 266 g/mol. The number of aliphatic hydroxyl groups is 2. The predicted octanol–water partition coefficient (Wildman–Crippen LogP) is -1.73. The Morgan fingerprint density at radius 1 is 1.35 bits per heavy atom. The van der Waals surface area contributed by atoms with Gasteiger partial charge in [-0.15, -0.1) is 0 Å². The molecule has 0 saturated carbocycles. The maximum Gasteiger partial charge on any atom is 0.309 e. The summed E-state index contributed by atoms with van der Waals surface area (Å²) in [5.74, 6) is -1.98. The Hall–Kier alpha value is -1.18. The fourth-order valence-corrected chi connectivity index (χ4v) is 1.81. The minimum absolute atomic E-state index is 0.0442. The number of carboxylic acids is 1. The van der Waals surface area contributed by atoms with Crippen LogP contribution in [-0.2, 0) is 14.3 Å². The average Bonchev–Trinajstić information content (AvgIpc) is 2.10. The van der Waals surface area contributed by atoms with Gasteiger partial charge in [-0.1, -0.05) is 0 Å². The Bertz CT molecular complexity index is 334. The van der Waals surface area contributed by atoms with Crippen molar-refractivity contribution in [3.05, 3.63) is 0 Å². The van der Waals surface area contributed by atoms with Crippen molar-refractivity contribution in [2.75, 3.05) is 34.3 Å². The lowest BCUT2D eigenvalue weighted by Crippen LogP contribution is -2.45. The second kappa shape index (κ2) is 7.56. The largest absolute Gasteiger partial charge is 0.550 e. The highest BCUT2D eigenvalue weighted by atomic mass is 16.5. The molecule has 0 fully saturated rings. The molecule has 118 valence electrons. The number of carbonyl (C=O) groups excluding carboxylic acids is 2. The van der Waals surface area contributed by atoms with E-state index in [-0.39, 0.29) is 25.9 Å². The van der Waals surface area contributed by atoms with Crippen LogP contribution < -0.4 is 5.11 Å². The third-order valence-electron chi connectivity index (χ3n) is 2.62. The normalized spacial score (nSPS) is 16.3. The summed E-state index contributed by atoms with van der Waals surface area (Å²) in [5, 5.41) is 29.3. The van der Waals surface area contributed by atoms with Crippen LogP contribution in [0.1, 0.15) is 26.2 Å². The molecule has 0 aromatic rings. The van der Waals surface area contributed by atoms with Crippen molar-refractivity contribution in [2.45, 2.75) is 37.9 Å². The van der Waals surface area contributed by atoms with Gasteiger partial charge < -0.3 is 29.3 Å². The lowest BCUT2D eigenvalue weighted by Gasteiger charge is -2.30. The monoisotopic (exact) mass is 291 g/mol. The van der Waals surface area contributed by atoms with Gasteiger partial charge in [-0.2, -0.15) is 0 Å². The van der Waals surface area contributed by atoms with E-state index >= 15 is 0 Å². The number of aliphatic hydroxyl groups excluding tert-OH is 1. The summed E-state index contributed by atoms with van der Waals surface area (Å²) in [6.07, 6.45) is -1.45. The fraction of sp³-hybridized carbons (Fsp3) is 0.846. The molecule has 0 spiro atoms. The summed E-state index contributed by atoms with van der Waals surface area (Å²) < 4.78 is 5.53. The number of carboxylic acid groups (broad SMARTS) is 1. The number of likely N-dealkylation sites (N-methyl/N-ethyl adjacent to an activating group) is 1. The van der Waals surface area contributed by atoms with Crippen molar-refractivity contribution in [3.63, 3.8) is 0 Å². The molecule has 0 rings (SSSR count). The van der Waals surface area contributed by atoms with Crippen molar-refractivity contribution in [1.82, 2.24) is 0 Å². The minimum atomic E-state index is -1.37. The van der Waals surface area contributed by atoms with Gasteiger partial charge in [0.15, 0.2) is 6.10 Å². The predicted molar refractivity (Wildman–Crippen MR) is 69.3 cm³/mol. The van der Waals surface area contributed by atoms with Gasteiger partial charge in [0.25, 0.3) is 0 Å². The van der Waals surface area contributed by atoms with Crippen molar-refractivity contribution in [2.24, 2.45) is 0 Å². The van der Waals surface area contributed by atoms with E-state index < -0.39 is 23.6 Å². The van der Waals surface area contributed by atoms with Gasteiger partial charge in [-0.05, 0) is 13.3 Å². The number of hydrogen-bond acceptors (Lipinski definition) is 6. The Kier molecular flexibility index (Phi) is 7.12. The second-order valence-electron chi connectivity index (χ2n) is 6.31. The topological polar surface area (TPSA) is 107 Å². The number of nitrogens with zero attached hydrogens (tertiary/aromatic N) is 1. The Morgan fingerprint density at radius 2 is 1.90 bits per heavy atom. The first-order chi connectivity index (χ1) is 8.95. The second-order valence-corrected chi connectivity index (χ2v) is 6.31. The summed E-state index contributed by atoms with van der Waals surface area (Å²) in [5.41, 5.74) is -1.37. The Morgan fingerprint density at radius 3 is 2.30 bits per heavy atom. The third-order valence-corrected chi connectivity index (χ3v) is 2.62. The van der Waals surface area contributed by atoms with E-state index in [1.807, 2.05) is 21.1 Å². The fourth-order valence-electron chi connectivity index (χ4n) is 1.81. The molecule has 0 heterocycles. The first-order valence-corrected chi connectivity index (χ1v) is 6.48. The highest BCUT2D eigenvalue weighted by Crippen LogP contribution is 2.16. The van der Waals surface area contributed by atoms with Crippen LogP contribution in [0.5, 0.6) is 0 Å². The zero-order valence-electron chi connectivity index (χ0n) is 12.6. The van der Waals surface area contributed by atoms with E-state index in [9.17, 15) is 19.8 Å². The number of hydrogen-bond donors (Lipinski definition) is 2. The molecular formula is C13H25NO6.